The summed E-state index contributed by atoms with van der Waals surface area (Å²) in [6.45, 7) is 0. The molecule has 0 aliphatic carbocycles. The number of thiophene rings is 1. The monoisotopic (exact) mass is 313 g/mol. The summed E-state index contributed by atoms with van der Waals surface area (Å²) in [5, 5.41) is 5.34. The summed E-state index contributed by atoms with van der Waals surface area (Å²) in [7, 11) is 1.93. The van der Waals surface area contributed by atoms with Gasteiger partial charge in [0, 0.05) is 27.2 Å². The van der Waals surface area contributed by atoms with Crippen LogP contribution in [0.1, 0.15) is 16.5 Å². The van der Waals surface area contributed by atoms with Crippen molar-refractivity contribution in [3.05, 3.63) is 56.4 Å². The summed E-state index contributed by atoms with van der Waals surface area (Å²) < 4.78 is 14.0. The Labute approximate surface area is 113 Å². The van der Waals surface area contributed by atoms with Gasteiger partial charge in [0.15, 0.2) is 0 Å². The minimum Gasteiger partial charge on any atom is -0.313 e. The number of nitrogens with one attached hydrogen (secondary N) is 1. The van der Waals surface area contributed by atoms with E-state index in [0.717, 1.165) is 16.5 Å². The Kier molecular flexibility index (Phi) is 4.31. The van der Waals surface area contributed by atoms with Crippen LogP contribution in [-0.4, -0.2) is 7.05 Å². The van der Waals surface area contributed by atoms with Crippen molar-refractivity contribution in [2.75, 3.05) is 7.05 Å². The molecule has 1 atom stereocenters. The molecule has 1 nitrogen and oxygen atoms in total. The van der Waals surface area contributed by atoms with Crippen molar-refractivity contribution in [1.29, 1.82) is 0 Å². The summed E-state index contributed by atoms with van der Waals surface area (Å²) in [6, 6.07) is 9.02. The maximum Gasteiger partial charge on any atom is 0.123 e. The lowest BCUT2D eigenvalue weighted by molar-refractivity contribution is 0.589. The molecule has 0 saturated carbocycles. The van der Waals surface area contributed by atoms with Gasteiger partial charge in [0.1, 0.15) is 5.82 Å². The molecule has 0 radical (unpaired) electrons. The summed E-state index contributed by atoms with van der Waals surface area (Å²) in [5.74, 6) is -0.192. The van der Waals surface area contributed by atoms with Crippen molar-refractivity contribution in [3.8, 4) is 0 Å². The predicted molar refractivity (Wildman–Crippen MR) is 73.9 cm³/mol. The van der Waals surface area contributed by atoms with Crippen molar-refractivity contribution in [2.24, 2.45) is 0 Å². The van der Waals surface area contributed by atoms with Gasteiger partial charge in [-0.2, -0.15) is 0 Å². The summed E-state index contributed by atoms with van der Waals surface area (Å²) in [6.07, 6.45) is 0.915. The zero-order valence-corrected chi connectivity index (χ0v) is 11.8. The summed E-state index contributed by atoms with van der Waals surface area (Å²) in [5.41, 5.74) is 1.11. The maximum absolute atomic E-state index is 12.9. The van der Waals surface area contributed by atoms with Crippen LogP contribution in [-0.2, 0) is 6.42 Å². The van der Waals surface area contributed by atoms with Crippen molar-refractivity contribution in [2.45, 2.75) is 12.5 Å². The van der Waals surface area contributed by atoms with Gasteiger partial charge >= 0.3 is 0 Å². The molecule has 0 amide bonds. The fourth-order valence-corrected chi connectivity index (χ4v) is 3.24. The Morgan fingerprint density at radius 1 is 1.35 bits per heavy atom. The molecule has 2 aromatic rings. The second-order valence-corrected chi connectivity index (χ2v) is 5.74. The van der Waals surface area contributed by atoms with E-state index in [1.54, 1.807) is 11.3 Å². The highest BCUT2D eigenvalue weighted by Gasteiger charge is 2.11. The largest absolute Gasteiger partial charge is 0.313 e. The first-order valence-electron chi connectivity index (χ1n) is 5.34. The van der Waals surface area contributed by atoms with Gasteiger partial charge in [0.2, 0.25) is 0 Å². The molecule has 0 spiro atoms. The number of halogens is 2. The van der Waals surface area contributed by atoms with Gasteiger partial charge in [-0.05, 0) is 46.7 Å². The van der Waals surface area contributed by atoms with Crippen molar-refractivity contribution < 1.29 is 4.39 Å². The van der Waals surface area contributed by atoms with Crippen molar-refractivity contribution >= 4 is 27.3 Å². The zero-order chi connectivity index (χ0) is 12.3. The predicted octanol–water partition coefficient (Wildman–Crippen LogP) is 4.15. The minimum atomic E-state index is -0.192. The third kappa shape index (κ3) is 3.37. The third-order valence-corrected chi connectivity index (χ3v) is 4.37. The van der Waals surface area contributed by atoms with Crippen LogP contribution in [0.4, 0.5) is 4.39 Å². The third-order valence-electron chi connectivity index (χ3n) is 2.65. The van der Waals surface area contributed by atoms with E-state index in [1.807, 2.05) is 19.2 Å². The number of rotatable bonds is 4. The Morgan fingerprint density at radius 2 is 2.06 bits per heavy atom. The highest BCUT2D eigenvalue weighted by atomic mass is 79.9. The Hall–Kier alpha value is -0.710. The highest BCUT2D eigenvalue weighted by molar-refractivity contribution is 9.10. The number of hydrogen-bond acceptors (Lipinski definition) is 2. The fourth-order valence-electron chi connectivity index (χ4n) is 1.74. The first-order chi connectivity index (χ1) is 8.19. The molecule has 1 unspecified atom stereocenters. The molecule has 0 saturated heterocycles. The van der Waals surface area contributed by atoms with E-state index in [0.29, 0.717) is 0 Å². The van der Waals surface area contributed by atoms with E-state index in [2.05, 4.69) is 32.7 Å². The molecular weight excluding hydrogens is 301 g/mol. The van der Waals surface area contributed by atoms with Gasteiger partial charge in [-0.15, -0.1) is 11.3 Å². The lowest BCUT2D eigenvalue weighted by Crippen LogP contribution is -2.18. The standard InChI is InChI=1S/C13H13BrFNS/c1-16-13(7-12-6-10(14)8-17-12)9-2-4-11(15)5-3-9/h2-6,8,13,16H,7H2,1H3. The molecule has 1 heterocycles. The Bertz CT molecular complexity index is 480. The first kappa shape index (κ1) is 12.7. The molecule has 1 N–H and O–H groups in total. The van der Waals surface area contributed by atoms with Gasteiger partial charge < -0.3 is 5.32 Å². The number of benzene rings is 1. The van der Waals surface area contributed by atoms with Gasteiger partial charge in [-0.25, -0.2) is 4.39 Å². The van der Waals surface area contributed by atoms with Crippen LogP contribution >= 0.6 is 27.3 Å². The molecule has 0 bridgehead atoms. The molecule has 17 heavy (non-hydrogen) atoms. The van der Waals surface area contributed by atoms with E-state index in [-0.39, 0.29) is 11.9 Å². The van der Waals surface area contributed by atoms with Crippen LogP contribution in [0.15, 0.2) is 40.2 Å². The van der Waals surface area contributed by atoms with E-state index < -0.39 is 0 Å². The minimum absolute atomic E-state index is 0.192. The van der Waals surface area contributed by atoms with Gasteiger partial charge in [0.05, 0.1) is 0 Å². The summed E-state index contributed by atoms with van der Waals surface area (Å²) in [4.78, 5) is 1.31. The maximum atomic E-state index is 12.9. The van der Waals surface area contributed by atoms with E-state index in [9.17, 15) is 4.39 Å². The second kappa shape index (κ2) is 5.76. The molecule has 1 aromatic carbocycles. The van der Waals surface area contributed by atoms with Gasteiger partial charge in [-0.3, -0.25) is 0 Å². The molecule has 4 heteroatoms. The summed E-state index contributed by atoms with van der Waals surface area (Å²) >= 11 is 5.18. The lowest BCUT2D eigenvalue weighted by Gasteiger charge is -2.15. The van der Waals surface area contributed by atoms with E-state index >= 15 is 0 Å². The average molecular weight is 314 g/mol. The molecule has 1 aromatic heterocycles. The van der Waals surface area contributed by atoms with Crippen LogP contribution in [0.5, 0.6) is 0 Å². The number of likely N-dealkylation sites (N-methyl/N-ethyl adjacent to an activating group) is 1. The SMILES string of the molecule is CNC(Cc1cc(Br)cs1)c1ccc(F)cc1. The van der Waals surface area contributed by atoms with Crippen LogP contribution < -0.4 is 5.32 Å². The van der Waals surface area contributed by atoms with Gasteiger partial charge in [-0.1, -0.05) is 12.1 Å². The Morgan fingerprint density at radius 3 is 2.59 bits per heavy atom. The Balaban J connectivity index is 2.13. The lowest BCUT2D eigenvalue weighted by atomic mass is 10.0. The molecular formula is C13H13BrFNS. The van der Waals surface area contributed by atoms with Crippen LogP contribution in [0.25, 0.3) is 0 Å². The van der Waals surface area contributed by atoms with Crippen LogP contribution in [0.3, 0.4) is 0 Å². The van der Waals surface area contributed by atoms with E-state index in [4.69, 9.17) is 0 Å². The molecule has 2 rings (SSSR count). The number of hydrogen-bond donors (Lipinski definition) is 1. The first-order valence-corrected chi connectivity index (χ1v) is 7.02. The fraction of sp³-hybridized carbons (Fsp3) is 0.231. The zero-order valence-electron chi connectivity index (χ0n) is 9.41. The molecule has 90 valence electrons. The smallest absolute Gasteiger partial charge is 0.123 e. The van der Waals surface area contributed by atoms with Crippen molar-refractivity contribution in [3.63, 3.8) is 0 Å². The second-order valence-electron chi connectivity index (χ2n) is 3.83. The van der Waals surface area contributed by atoms with Gasteiger partial charge in [0.25, 0.3) is 0 Å². The quantitative estimate of drug-likeness (QED) is 0.894. The normalized spacial score (nSPS) is 12.6. The van der Waals surface area contributed by atoms with Crippen LogP contribution in [0, 0.1) is 5.82 Å². The van der Waals surface area contributed by atoms with Crippen LogP contribution in [0.2, 0.25) is 0 Å². The van der Waals surface area contributed by atoms with Crippen molar-refractivity contribution in [1.82, 2.24) is 5.32 Å². The van der Waals surface area contributed by atoms with E-state index in [1.165, 1.54) is 17.0 Å². The molecule has 0 aliphatic heterocycles. The highest BCUT2D eigenvalue weighted by Crippen LogP contribution is 2.25. The molecule has 0 aliphatic rings. The average Bonchev–Trinajstić information content (AvgIpc) is 2.73. The topological polar surface area (TPSA) is 12.0 Å². The molecule has 0 fully saturated rings.